The van der Waals surface area contributed by atoms with Crippen LogP contribution in [0.25, 0.3) is 0 Å². The summed E-state index contributed by atoms with van der Waals surface area (Å²) < 4.78 is 23.6. The fourth-order valence-corrected chi connectivity index (χ4v) is 3.90. The molecular formula is C19H21ClN2O3S. The van der Waals surface area contributed by atoms with Gasteiger partial charge in [-0.1, -0.05) is 23.7 Å². The molecule has 0 radical (unpaired) electrons. The topological polar surface area (TPSA) is 57.7 Å². The average Bonchev–Trinajstić information content (AvgIpc) is 2.61. The van der Waals surface area contributed by atoms with Crippen molar-refractivity contribution in [3.8, 4) is 0 Å². The molecule has 0 aromatic heterocycles. The average molecular weight is 393 g/mol. The second-order valence-corrected chi connectivity index (χ2v) is 8.96. The minimum absolute atomic E-state index is 0.126. The molecule has 3 rings (SSSR count). The summed E-state index contributed by atoms with van der Waals surface area (Å²) in [6.07, 6.45) is 1.15. The zero-order valence-corrected chi connectivity index (χ0v) is 16.3. The molecule has 0 N–H and O–H groups in total. The molecule has 0 atom stereocenters. The van der Waals surface area contributed by atoms with Gasteiger partial charge in [0, 0.05) is 48.7 Å². The number of hydrogen-bond donors (Lipinski definition) is 0. The smallest absolute Gasteiger partial charge is 0.254 e. The summed E-state index contributed by atoms with van der Waals surface area (Å²) >= 11 is 6.05. The lowest BCUT2D eigenvalue weighted by Gasteiger charge is -2.36. The predicted molar refractivity (Wildman–Crippen MR) is 104 cm³/mol. The number of halogens is 1. The number of sulfone groups is 1. The summed E-state index contributed by atoms with van der Waals surface area (Å²) in [5.41, 5.74) is 2.27. The first-order chi connectivity index (χ1) is 12.3. The Morgan fingerprint density at radius 2 is 1.73 bits per heavy atom. The quantitative estimate of drug-likeness (QED) is 0.805. The van der Waals surface area contributed by atoms with Crippen molar-refractivity contribution in [3.05, 3.63) is 58.6 Å². The van der Waals surface area contributed by atoms with Crippen LogP contribution in [0.5, 0.6) is 0 Å². The highest BCUT2D eigenvalue weighted by Crippen LogP contribution is 2.22. The van der Waals surface area contributed by atoms with Gasteiger partial charge in [0.25, 0.3) is 5.91 Å². The standard InChI is InChI=1S/C19H21ClN2O3S/c1-14-6-7-17(26(2,24)25)13-18(14)19(23)22-10-8-21(9-11-22)16-5-3-4-15(20)12-16/h3-7,12-13H,8-11H2,1-2H3. The largest absolute Gasteiger partial charge is 0.368 e. The van der Waals surface area contributed by atoms with Crippen molar-refractivity contribution in [1.29, 1.82) is 0 Å². The number of aryl methyl sites for hydroxylation is 1. The zero-order chi connectivity index (χ0) is 18.9. The molecule has 0 saturated carbocycles. The number of anilines is 1. The Morgan fingerprint density at radius 1 is 1.04 bits per heavy atom. The van der Waals surface area contributed by atoms with E-state index < -0.39 is 9.84 Å². The minimum atomic E-state index is -3.35. The monoisotopic (exact) mass is 392 g/mol. The van der Waals surface area contributed by atoms with Gasteiger partial charge in [0.15, 0.2) is 9.84 Å². The molecule has 2 aromatic carbocycles. The Hall–Kier alpha value is -2.05. The van der Waals surface area contributed by atoms with E-state index in [4.69, 9.17) is 11.6 Å². The minimum Gasteiger partial charge on any atom is -0.368 e. The van der Waals surface area contributed by atoms with Gasteiger partial charge in [-0.15, -0.1) is 0 Å². The molecule has 0 unspecified atom stereocenters. The van der Waals surface area contributed by atoms with Gasteiger partial charge in [-0.05, 0) is 42.8 Å². The highest BCUT2D eigenvalue weighted by molar-refractivity contribution is 7.90. The Balaban J connectivity index is 1.75. The molecule has 1 heterocycles. The van der Waals surface area contributed by atoms with Gasteiger partial charge in [-0.2, -0.15) is 0 Å². The lowest BCUT2D eigenvalue weighted by molar-refractivity contribution is 0.0746. The summed E-state index contributed by atoms with van der Waals surface area (Å²) in [4.78, 5) is 17.0. The van der Waals surface area contributed by atoms with Gasteiger partial charge in [0.05, 0.1) is 4.90 Å². The third-order valence-corrected chi connectivity index (χ3v) is 5.95. The van der Waals surface area contributed by atoms with E-state index in [1.165, 1.54) is 6.07 Å². The van der Waals surface area contributed by atoms with E-state index >= 15 is 0 Å². The lowest BCUT2D eigenvalue weighted by atomic mass is 10.1. The van der Waals surface area contributed by atoms with E-state index in [0.717, 1.165) is 17.5 Å². The van der Waals surface area contributed by atoms with Crippen LogP contribution in [0.2, 0.25) is 5.02 Å². The first-order valence-corrected chi connectivity index (χ1v) is 10.6. The van der Waals surface area contributed by atoms with E-state index in [9.17, 15) is 13.2 Å². The van der Waals surface area contributed by atoms with Gasteiger partial charge in [0.1, 0.15) is 0 Å². The first-order valence-electron chi connectivity index (χ1n) is 8.36. The molecule has 5 nitrogen and oxygen atoms in total. The molecule has 0 spiro atoms. The number of amides is 1. The zero-order valence-electron chi connectivity index (χ0n) is 14.8. The van der Waals surface area contributed by atoms with Crippen LogP contribution in [0, 0.1) is 6.92 Å². The molecule has 1 fully saturated rings. The van der Waals surface area contributed by atoms with Crippen molar-refractivity contribution in [3.63, 3.8) is 0 Å². The summed E-state index contributed by atoms with van der Waals surface area (Å²) in [6.45, 7) is 4.39. The van der Waals surface area contributed by atoms with Crippen LogP contribution >= 0.6 is 11.6 Å². The van der Waals surface area contributed by atoms with Crippen molar-refractivity contribution in [2.24, 2.45) is 0 Å². The lowest BCUT2D eigenvalue weighted by Crippen LogP contribution is -2.49. The Labute approximate surface area is 159 Å². The Morgan fingerprint density at radius 3 is 2.35 bits per heavy atom. The Kier molecular flexibility index (Phi) is 5.25. The number of nitrogens with zero attached hydrogens (tertiary/aromatic N) is 2. The number of carbonyl (C=O) groups is 1. The maximum absolute atomic E-state index is 12.9. The van der Waals surface area contributed by atoms with E-state index in [0.29, 0.717) is 36.8 Å². The number of rotatable bonds is 3. The maximum atomic E-state index is 12.9. The molecule has 2 aromatic rings. The molecule has 0 aliphatic carbocycles. The van der Waals surface area contributed by atoms with E-state index in [1.807, 2.05) is 31.2 Å². The van der Waals surface area contributed by atoms with Gasteiger partial charge in [-0.3, -0.25) is 4.79 Å². The van der Waals surface area contributed by atoms with Crippen molar-refractivity contribution < 1.29 is 13.2 Å². The summed E-state index contributed by atoms with van der Waals surface area (Å²) in [6, 6.07) is 12.4. The second kappa shape index (κ2) is 7.29. The van der Waals surface area contributed by atoms with E-state index in [-0.39, 0.29) is 10.8 Å². The van der Waals surface area contributed by atoms with Crippen LogP contribution in [-0.4, -0.2) is 51.7 Å². The predicted octanol–water partition coefficient (Wildman–Crippen LogP) is 3.01. The van der Waals surface area contributed by atoms with Crippen molar-refractivity contribution in [2.45, 2.75) is 11.8 Å². The highest BCUT2D eigenvalue weighted by atomic mass is 35.5. The van der Waals surface area contributed by atoms with Crippen LogP contribution in [-0.2, 0) is 9.84 Å². The number of hydrogen-bond acceptors (Lipinski definition) is 4. The summed E-state index contributed by atoms with van der Waals surface area (Å²) in [5.74, 6) is -0.126. The van der Waals surface area contributed by atoms with Crippen LogP contribution < -0.4 is 4.90 Å². The normalized spacial score (nSPS) is 15.2. The van der Waals surface area contributed by atoms with Gasteiger partial charge < -0.3 is 9.80 Å². The van der Waals surface area contributed by atoms with Gasteiger partial charge >= 0.3 is 0 Å². The molecule has 138 valence electrons. The molecule has 1 aliphatic rings. The van der Waals surface area contributed by atoms with Crippen LogP contribution in [0.1, 0.15) is 15.9 Å². The van der Waals surface area contributed by atoms with Crippen molar-refractivity contribution in [2.75, 3.05) is 37.3 Å². The third kappa shape index (κ3) is 4.02. The molecular weight excluding hydrogens is 372 g/mol. The number of piperazine rings is 1. The van der Waals surface area contributed by atoms with Gasteiger partial charge in [0.2, 0.25) is 0 Å². The summed E-state index contributed by atoms with van der Waals surface area (Å²) in [5, 5.41) is 0.689. The highest BCUT2D eigenvalue weighted by Gasteiger charge is 2.24. The molecule has 1 aliphatic heterocycles. The molecule has 26 heavy (non-hydrogen) atoms. The van der Waals surface area contributed by atoms with E-state index in [2.05, 4.69) is 4.90 Å². The van der Waals surface area contributed by atoms with Crippen molar-refractivity contribution in [1.82, 2.24) is 4.90 Å². The van der Waals surface area contributed by atoms with Crippen LogP contribution in [0.15, 0.2) is 47.4 Å². The van der Waals surface area contributed by atoms with Crippen LogP contribution in [0.4, 0.5) is 5.69 Å². The molecule has 7 heteroatoms. The van der Waals surface area contributed by atoms with Crippen molar-refractivity contribution >= 4 is 33.0 Å². The maximum Gasteiger partial charge on any atom is 0.254 e. The van der Waals surface area contributed by atoms with E-state index in [1.54, 1.807) is 17.0 Å². The Bertz CT molecular complexity index is 936. The molecule has 0 bridgehead atoms. The number of benzene rings is 2. The number of carbonyl (C=O) groups excluding carboxylic acids is 1. The van der Waals surface area contributed by atoms with Gasteiger partial charge in [-0.25, -0.2) is 8.42 Å². The fraction of sp³-hybridized carbons (Fsp3) is 0.316. The molecule has 1 amide bonds. The van der Waals surface area contributed by atoms with Crippen LogP contribution in [0.3, 0.4) is 0 Å². The SMILES string of the molecule is Cc1ccc(S(C)(=O)=O)cc1C(=O)N1CCN(c2cccc(Cl)c2)CC1. The summed E-state index contributed by atoms with van der Waals surface area (Å²) in [7, 11) is -3.35. The fourth-order valence-electron chi connectivity index (χ4n) is 3.07. The molecule has 1 saturated heterocycles. The third-order valence-electron chi connectivity index (χ3n) is 4.61. The second-order valence-electron chi connectivity index (χ2n) is 6.51. The first kappa shape index (κ1) is 18.7.